The van der Waals surface area contributed by atoms with Crippen LogP contribution in [-0.2, 0) is 20.2 Å². The molecule has 0 atom stereocenters. The zero-order valence-electron chi connectivity index (χ0n) is 16.8. The van der Waals surface area contributed by atoms with E-state index < -0.39 is 21.3 Å². The second kappa shape index (κ2) is 7.32. The Bertz CT molecular complexity index is 1330. The predicted molar refractivity (Wildman–Crippen MR) is 115 cm³/mol. The van der Waals surface area contributed by atoms with E-state index in [4.69, 9.17) is 14.6 Å². The third-order valence-corrected chi connectivity index (χ3v) is 6.77. The number of fused-ring (bicyclic) bond motifs is 1. The fourth-order valence-electron chi connectivity index (χ4n) is 3.85. The average molecular weight is 454 g/mol. The Hall–Kier alpha value is -3.43. The van der Waals surface area contributed by atoms with Gasteiger partial charge in [0.25, 0.3) is 0 Å². The molecule has 1 heterocycles. The van der Waals surface area contributed by atoms with Gasteiger partial charge in [-0.25, -0.2) is 17.9 Å². The molecule has 0 bridgehead atoms. The maximum atomic E-state index is 14.5. The van der Waals surface area contributed by atoms with Crippen LogP contribution >= 0.6 is 0 Å². The minimum Gasteiger partial charge on any atom is -0.454 e. The second-order valence-electron chi connectivity index (χ2n) is 7.87. The highest BCUT2D eigenvalue weighted by molar-refractivity contribution is 7.89. The number of amides is 1. The number of benzene rings is 3. The maximum absolute atomic E-state index is 14.5. The van der Waals surface area contributed by atoms with Gasteiger partial charge in [0.05, 0.1) is 16.0 Å². The van der Waals surface area contributed by atoms with Crippen LogP contribution in [0.2, 0.25) is 0 Å². The Morgan fingerprint density at radius 2 is 1.62 bits per heavy atom. The first kappa shape index (κ1) is 20.5. The van der Waals surface area contributed by atoms with Crippen LogP contribution in [0.25, 0.3) is 11.1 Å². The van der Waals surface area contributed by atoms with Crippen LogP contribution in [0.1, 0.15) is 18.4 Å². The van der Waals surface area contributed by atoms with Crippen molar-refractivity contribution >= 4 is 21.6 Å². The van der Waals surface area contributed by atoms with Crippen molar-refractivity contribution in [3.8, 4) is 22.6 Å². The molecule has 1 fully saturated rings. The number of nitrogens with two attached hydrogens (primary N) is 1. The molecule has 1 aliphatic carbocycles. The summed E-state index contributed by atoms with van der Waals surface area (Å²) in [7, 11) is -3.81. The molecule has 0 unspecified atom stereocenters. The van der Waals surface area contributed by atoms with E-state index in [2.05, 4.69) is 5.32 Å². The minimum absolute atomic E-state index is 0.0173. The number of primary sulfonamides is 1. The summed E-state index contributed by atoms with van der Waals surface area (Å²) in [4.78, 5) is 13.1. The molecule has 2 aliphatic rings. The van der Waals surface area contributed by atoms with Crippen molar-refractivity contribution in [2.75, 3.05) is 12.1 Å². The van der Waals surface area contributed by atoms with Gasteiger partial charge >= 0.3 is 0 Å². The van der Waals surface area contributed by atoms with E-state index in [1.54, 1.807) is 30.3 Å². The third kappa shape index (κ3) is 3.59. The molecule has 0 aromatic heterocycles. The monoisotopic (exact) mass is 454 g/mol. The van der Waals surface area contributed by atoms with E-state index in [-0.39, 0.29) is 23.3 Å². The van der Waals surface area contributed by atoms with E-state index in [9.17, 15) is 17.6 Å². The first-order valence-electron chi connectivity index (χ1n) is 9.91. The number of carbonyl (C=O) groups excluding carboxylic acids is 1. The van der Waals surface area contributed by atoms with Crippen molar-refractivity contribution in [2.24, 2.45) is 5.14 Å². The molecule has 3 N–H and O–H groups in total. The molecule has 0 spiro atoms. The summed E-state index contributed by atoms with van der Waals surface area (Å²) in [5, 5.41) is 7.85. The molecule has 7 nitrogen and oxygen atoms in total. The third-order valence-electron chi connectivity index (χ3n) is 5.84. The molecule has 3 aromatic carbocycles. The van der Waals surface area contributed by atoms with Crippen molar-refractivity contribution < 1.29 is 27.1 Å². The Labute approximate surface area is 184 Å². The van der Waals surface area contributed by atoms with Gasteiger partial charge in [-0.15, -0.1) is 0 Å². The number of halogens is 1. The van der Waals surface area contributed by atoms with Crippen LogP contribution in [0, 0.1) is 5.82 Å². The lowest BCUT2D eigenvalue weighted by atomic mass is 9.94. The average Bonchev–Trinajstić information content (AvgIpc) is 3.45. The zero-order chi connectivity index (χ0) is 22.5. The topological polar surface area (TPSA) is 108 Å². The van der Waals surface area contributed by atoms with Crippen LogP contribution < -0.4 is 19.9 Å². The summed E-state index contributed by atoms with van der Waals surface area (Å²) in [5.74, 6) is 0.372. The quantitative estimate of drug-likeness (QED) is 0.613. The smallest absolute Gasteiger partial charge is 0.238 e. The second-order valence-corrected chi connectivity index (χ2v) is 9.43. The van der Waals surface area contributed by atoms with Gasteiger partial charge in [-0.1, -0.05) is 24.3 Å². The predicted octanol–water partition coefficient (Wildman–Crippen LogP) is 3.54. The van der Waals surface area contributed by atoms with Crippen molar-refractivity contribution in [3.05, 3.63) is 72.0 Å². The summed E-state index contributed by atoms with van der Waals surface area (Å²) in [6.45, 7) is 0.147. The molecule has 0 radical (unpaired) electrons. The number of hydrogen-bond acceptors (Lipinski definition) is 5. The number of anilines is 1. The molecule has 5 rings (SSSR count). The normalized spacial score (nSPS) is 15.9. The molecule has 9 heteroatoms. The van der Waals surface area contributed by atoms with Crippen LogP contribution in [0.15, 0.2) is 65.6 Å². The van der Waals surface area contributed by atoms with Crippen molar-refractivity contribution in [1.29, 1.82) is 0 Å². The van der Waals surface area contributed by atoms with Gasteiger partial charge in [-0.05, 0) is 65.9 Å². The van der Waals surface area contributed by atoms with E-state index in [0.717, 1.165) is 5.56 Å². The van der Waals surface area contributed by atoms with Crippen molar-refractivity contribution in [2.45, 2.75) is 23.2 Å². The van der Waals surface area contributed by atoms with Gasteiger partial charge in [0.2, 0.25) is 22.7 Å². The molecule has 1 amide bonds. The van der Waals surface area contributed by atoms with Gasteiger partial charge in [-0.2, -0.15) is 0 Å². The maximum Gasteiger partial charge on any atom is 0.238 e. The number of sulfonamides is 1. The van der Waals surface area contributed by atoms with E-state index >= 15 is 0 Å². The Morgan fingerprint density at radius 3 is 2.31 bits per heavy atom. The molecule has 164 valence electrons. The first-order chi connectivity index (χ1) is 15.3. The molecule has 3 aromatic rings. The van der Waals surface area contributed by atoms with E-state index in [0.29, 0.717) is 35.5 Å². The standard InChI is InChI=1S/C23H19FN2O5S/c24-18-7-3-15(14-1-5-17(6-2-14)32(25,28)29)11-19(18)26-22(27)23(9-10-23)16-4-8-20-21(12-16)31-13-30-20/h1-8,11-12H,9-10,13H2,(H,26,27)(H2,25,28,29). The fraction of sp³-hybridized carbons (Fsp3) is 0.174. The van der Waals surface area contributed by atoms with Gasteiger partial charge < -0.3 is 14.8 Å². The SMILES string of the molecule is NS(=O)(=O)c1ccc(-c2ccc(F)c(NC(=O)C3(c4ccc5c(c4)OCO5)CC3)c2)cc1. The van der Waals surface area contributed by atoms with Gasteiger partial charge in [0, 0.05) is 0 Å². The fourth-order valence-corrected chi connectivity index (χ4v) is 4.36. The lowest BCUT2D eigenvalue weighted by Gasteiger charge is -2.17. The van der Waals surface area contributed by atoms with Crippen molar-refractivity contribution in [3.63, 3.8) is 0 Å². The number of rotatable bonds is 5. The highest BCUT2D eigenvalue weighted by atomic mass is 32.2. The molecule has 0 saturated heterocycles. The Morgan fingerprint density at radius 1 is 0.938 bits per heavy atom. The molecule has 1 saturated carbocycles. The highest BCUT2D eigenvalue weighted by Gasteiger charge is 2.51. The van der Waals surface area contributed by atoms with Crippen LogP contribution in [0.3, 0.4) is 0 Å². The zero-order valence-corrected chi connectivity index (χ0v) is 17.6. The number of hydrogen-bond donors (Lipinski definition) is 2. The van der Waals surface area contributed by atoms with Crippen LogP contribution in [0.4, 0.5) is 10.1 Å². The number of carbonyl (C=O) groups is 1. The van der Waals surface area contributed by atoms with Crippen LogP contribution in [0.5, 0.6) is 11.5 Å². The van der Waals surface area contributed by atoms with Gasteiger partial charge in [-0.3, -0.25) is 4.79 Å². The Kier molecular flexibility index (Phi) is 4.68. The summed E-state index contributed by atoms with van der Waals surface area (Å²) in [6.07, 6.45) is 1.30. The summed E-state index contributed by atoms with van der Waals surface area (Å²) in [5.41, 5.74) is 1.39. The lowest BCUT2D eigenvalue weighted by molar-refractivity contribution is -0.118. The summed E-state index contributed by atoms with van der Waals surface area (Å²) < 4.78 is 48.1. The van der Waals surface area contributed by atoms with Crippen molar-refractivity contribution in [1.82, 2.24) is 0 Å². The minimum atomic E-state index is -3.81. The van der Waals surface area contributed by atoms with E-state index in [1.165, 1.54) is 24.3 Å². The molecular formula is C23H19FN2O5S. The Balaban J connectivity index is 1.40. The molecule has 32 heavy (non-hydrogen) atoms. The lowest BCUT2D eigenvalue weighted by Crippen LogP contribution is -2.28. The summed E-state index contributed by atoms with van der Waals surface area (Å²) >= 11 is 0. The first-order valence-corrected chi connectivity index (χ1v) is 11.5. The molecular weight excluding hydrogens is 435 g/mol. The van der Waals surface area contributed by atoms with Gasteiger partial charge in [0.15, 0.2) is 11.5 Å². The van der Waals surface area contributed by atoms with Crippen LogP contribution in [-0.4, -0.2) is 21.1 Å². The van der Waals surface area contributed by atoms with Gasteiger partial charge in [0.1, 0.15) is 5.82 Å². The largest absolute Gasteiger partial charge is 0.454 e. The number of ether oxygens (including phenoxy) is 2. The molecule has 1 aliphatic heterocycles. The van der Waals surface area contributed by atoms with E-state index in [1.807, 2.05) is 6.07 Å². The highest BCUT2D eigenvalue weighted by Crippen LogP contribution is 2.51. The number of nitrogens with one attached hydrogen (secondary N) is 1. The summed E-state index contributed by atoms with van der Waals surface area (Å²) in [6, 6.07) is 15.7.